The highest BCUT2D eigenvalue weighted by molar-refractivity contribution is 8.00. The van der Waals surface area contributed by atoms with E-state index in [0.29, 0.717) is 0 Å². The topological polar surface area (TPSA) is 33.1 Å². The fraction of sp³-hybridized carbons (Fsp3) is 0.583. The first-order chi connectivity index (χ1) is 6.79. The minimum absolute atomic E-state index is 0.172. The quantitative estimate of drug-likeness (QED) is 0.784. The lowest BCUT2D eigenvalue weighted by molar-refractivity contribution is 0.198. The molecule has 0 aromatic carbocycles. The minimum atomic E-state index is -0.439. The average molecular weight is 225 g/mol. The van der Waals surface area contributed by atoms with Crippen LogP contribution in [0.15, 0.2) is 17.3 Å². The molecule has 0 aliphatic heterocycles. The summed E-state index contributed by atoms with van der Waals surface area (Å²) in [5.74, 6) is 0. The molecule has 1 aromatic rings. The Morgan fingerprint density at radius 2 is 2.00 bits per heavy atom. The molecule has 1 aromatic heterocycles. The number of rotatable bonds is 2. The van der Waals surface area contributed by atoms with Crippen LogP contribution in [0, 0.1) is 6.92 Å². The van der Waals surface area contributed by atoms with Crippen LogP contribution in [-0.4, -0.2) is 14.8 Å². The monoisotopic (exact) mass is 225 g/mol. The molecule has 15 heavy (non-hydrogen) atoms. The third kappa shape index (κ3) is 3.84. The van der Waals surface area contributed by atoms with Crippen LogP contribution in [0.5, 0.6) is 0 Å². The molecule has 1 rings (SSSR count). The Morgan fingerprint density at radius 1 is 1.40 bits per heavy atom. The van der Waals surface area contributed by atoms with Gasteiger partial charge in [-0.2, -0.15) is 0 Å². The number of hydrogen-bond donors (Lipinski definition) is 1. The van der Waals surface area contributed by atoms with Gasteiger partial charge in [-0.25, -0.2) is 4.98 Å². The van der Waals surface area contributed by atoms with Crippen molar-refractivity contribution in [1.82, 2.24) is 4.98 Å². The minimum Gasteiger partial charge on any atom is -0.389 e. The maximum absolute atomic E-state index is 9.48. The van der Waals surface area contributed by atoms with E-state index in [4.69, 9.17) is 0 Å². The van der Waals surface area contributed by atoms with Crippen molar-refractivity contribution in [3.05, 3.63) is 23.4 Å². The predicted octanol–water partition coefficient (Wildman–Crippen LogP) is 3.33. The Hall–Kier alpha value is -0.540. The van der Waals surface area contributed by atoms with E-state index in [1.165, 1.54) is 0 Å². The summed E-state index contributed by atoms with van der Waals surface area (Å²) < 4.78 is 0.172. The number of aromatic nitrogens is 1. The number of aliphatic hydroxyl groups is 1. The maximum Gasteiger partial charge on any atom is 0.0967 e. The van der Waals surface area contributed by atoms with Crippen molar-refractivity contribution >= 4 is 11.8 Å². The summed E-state index contributed by atoms with van der Waals surface area (Å²) in [5.41, 5.74) is 2.01. The Morgan fingerprint density at radius 3 is 2.40 bits per heavy atom. The standard InChI is InChI=1S/C12H19NOS/c1-8-6-11(15-12(3,4)5)13-7-10(8)9(2)14/h6-7,9,14H,1-5H3/t9-/m1/s1. The van der Waals surface area contributed by atoms with Gasteiger partial charge in [0.05, 0.1) is 11.1 Å². The molecular formula is C12H19NOS. The molecule has 2 nitrogen and oxygen atoms in total. The highest BCUT2D eigenvalue weighted by atomic mass is 32.2. The van der Waals surface area contributed by atoms with Gasteiger partial charge in [0.25, 0.3) is 0 Å². The lowest BCUT2D eigenvalue weighted by Crippen LogP contribution is -2.08. The summed E-state index contributed by atoms with van der Waals surface area (Å²) in [6.07, 6.45) is 1.33. The van der Waals surface area contributed by atoms with Crippen LogP contribution in [0.4, 0.5) is 0 Å². The summed E-state index contributed by atoms with van der Waals surface area (Å²) in [6, 6.07) is 2.04. The van der Waals surface area contributed by atoms with Crippen molar-refractivity contribution in [3.63, 3.8) is 0 Å². The molecular weight excluding hydrogens is 206 g/mol. The number of aryl methyl sites for hydroxylation is 1. The zero-order valence-corrected chi connectivity index (χ0v) is 10.9. The molecule has 3 heteroatoms. The van der Waals surface area contributed by atoms with Crippen LogP contribution in [0.25, 0.3) is 0 Å². The van der Waals surface area contributed by atoms with Crippen LogP contribution in [0.1, 0.15) is 44.9 Å². The Balaban J connectivity index is 2.92. The van der Waals surface area contributed by atoms with Gasteiger partial charge in [0, 0.05) is 16.5 Å². The van der Waals surface area contributed by atoms with Crippen LogP contribution in [0.2, 0.25) is 0 Å². The molecule has 0 aliphatic rings. The molecule has 0 aliphatic carbocycles. The van der Waals surface area contributed by atoms with Crippen LogP contribution < -0.4 is 0 Å². The Kier molecular flexibility index (Phi) is 3.79. The summed E-state index contributed by atoms with van der Waals surface area (Å²) in [5, 5.41) is 10.5. The third-order valence-corrected chi connectivity index (χ3v) is 3.03. The van der Waals surface area contributed by atoms with E-state index < -0.39 is 6.10 Å². The molecule has 0 unspecified atom stereocenters. The average Bonchev–Trinajstić information content (AvgIpc) is 1.99. The van der Waals surface area contributed by atoms with Gasteiger partial charge in [-0.1, -0.05) is 20.8 Å². The summed E-state index contributed by atoms with van der Waals surface area (Å²) in [6.45, 7) is 10.3. The molecule has 1 heterocycles. The highest BCUT2D eigenvalue weighted by Crippen LogP contribution is 2.31. The first-order valence-electron chi connectivity index (χ1n) is 5.13. The fourth-order valence-electron chi connectivity index (χ4n) is 1.35. The van der Waals surface area contributed by atoms with Gasteiger partial charge in [-0.3, -0.25) is 0 Å². The van der Waals surface area contributed by atoms with E-state index in [0.717, 1.165) is 16.2 Å². The molecule has 0 saturated carbocycles. The molecule has 1 atom stereocenters. The van der Waals surface area contributed by atoms with Crippen LogP contribution in [-0.2, 0) is 0 Å². The molecule has 0 radical (unpaired) electrons. The van der Waals surface area contributed by atoms with E-state index in [9.17, 15) is 5.11 Å². The van der Waals surface area contributed by atoms with Gasteiger partial charge >= 0.3 is 0 Å². The van der Waals surface area contributed by atoms with Gasteiger partial charge in [-0.15, -0.1) is 11.8 Å². The van der Waals surface area contributed by atoms with Crippen molar-refractivity contribution in [2.45, 2.75) is 50.5 Å². The van der Waals surface area contributed by atoms with Crippen molar-refractivity contribution < 1.29 is 5.11 Å². The van der Waals surface area contributed by atoms with Gasteiger partial charge in [0.2, 0.25) is 0 Å². The number of thioether (sulfide) groups is 1. The van der Waals surface area contributed by atoms with E-state index in [1.807, 2.05) is 13.0 Å². The first-order valence-corrected chi connectivity index (χ1v) is 5.95. The predicted molar refractivity (Wildman–Crippen MR) is 65.2 cm³/mol. The molecule has 0 fully saturated rings. The van der Waals surface area contributed by atoms with E-state index in [2.05, 4.69) is 25.8 Å². The van der Waals surface area contributed by atoms with Crippen molar-refractivity contribution in [1.29, 1.82) is 0 Å². The number of aliphatic hydroxyl groups excluding tert-OH is 1. The van der Waals surface area contributed by atoms with Gasteiger partial charge < -0.3 is 5.11 Å². The van der Waals surface area contributed by atoms with Gasteiger partial charge in [-0.05, 0) is 25.5 Å². The number of pyridine rings is 1. The molecule has 0 bridgehead atoms. The number of hydrogen-bond acceptors (Lipinski definition) is 3. The van der Waals surface area contributed by atoms with E-state index >= 15 is 0 Å². The zero-order chi connectivity index (χ0) is 11.6. The molecule has 0 saturated heterocycles. The van der Waals surface area contributed by atoms with Crippen molar-refractivity contribution in [3.8, 4) is 0 Å². The zero-order valence-electron chi connectivity index (χ0n) is 10.0. The highest BCUT2D eigenvalue weighted by Gasteiger charge is 2.14. The SMILES string of the molecule is Cc1cc(SC(C)(C)C)ncc1[C@@H](C)O. The van der Waals surface area contributed by atoms with E-state index in [1.54, 1.807) is 24.9 Å². The van der Waals surface area contributed by atoms with Crippen LogP contribution in [0.3, 0.4) is 0 Å². The molecule has 0 amide bonds. The second kappa shape index (κ2) is 4.54. The lowest BCUT2D eigenvalue weighted by Gasteiger charge is -2.17. The van der Waals surface area contributed by atoms with Gasteiger partial charge in [0.1, 0.15) is 0 Å². The second-order valence-electron chi connectivity index (χ2n) is 4.77. The summed E-state index contributed by atoms with van der Waals surface area (Å²) >= 11 is 1.74. The van der Waals surface area contributed by atoms with Crippen LogP contribution >= 0.6 is 11.8 Å². The number of nitrogens with zero attached hydrogens (tertiary/aromatic N) is 1. The maximum atomic E-state index is 9.48. The van der Waals surface area contributed by atoms with Crippen molar-refractivity contribution in [2.24, 2.45) is 0 Å². The Bertz CT molecular complexity index is 342. The normalized spacial score (nSPS) is 14.0. The molecule has 0 spiro atoms. The summed E-state index contributed by atoms with van der Waals surface area (Å²) in [7, 11) is 0. The van der Waals surface area contributed by atoms with Gasteiger partial charge in [0.15, 0.2) is 0 Å². The molecule has 84 valence electrons. The lowest BCUT2D eigenvalue weighted by atomic mass is 10.1. The fourth-order valence-corrected chi connectivity index (χ4v) is 2.32. The largest absolute Gasteiger partial charge is 0.389 e. The summed E-state index contributed by atoms with van der Waals surface area (Å²) in [4.78, 5) is 4.35. The van der Waals surface area contributed by atoms with E-state index in [-0.39, 0.29) is 4.75 Å². The molecule has 1 N–H and O–H groups in total. The smallest absolute Gasteiger partial charge is 0.0967 e. The first kappa shape index (κ1) is 12.5. The van der Waals surface area contributed by atoms with Crippen molar-refractivity contribution in [2.75, 3.05) is 0 Å². The second-order valence-corrected chi connectivity index (χ2v) is 6.62. The Labute approximate surface area is 96.1 Å². The third-order valence-electron chi connectivity index (χ3n) is 1.99.